The number of rotatable bonds is 5. The van der Waals surface area contributed by atoms with E-state index in [4.69, 9.17) is 4.74 Å². The number of hydrogen-bond donors (Lipinski definition) is 1. The van der Waals surface area contributed by atoms with Crippen molar-refractivity contribution in [2.45, 2.75) is 33.6 Å². The summed E-state index contributed by atoms with van der Waals surface area (Å²) in [5, 5.41) is 3.01. The Morgan fingerprint density at radius 3 is 2.62 bits per heavy atom. The molecule has 4 heteroatoms. The highest BCUT2D eigenvalue weighted by Gasteiger charge is 2.19. The monoisotopic (exact) mass is 352 g/mol. The van der Waals surface area contributed by atoms with Crippen LogP contribution in [0, 0.1) is 19.8 Å². The van der Waals surface area contributed by atoms with Crippen molar-refractivity contribution in [1.29, 1.82) is 0 Å². The molecule has 1 saturated heterocycles. The van der Waals surface area contributed by atoms with Crippen LogP contribution in [-0.4, -0.2) is 25.6 Å². The van der Waals surface area contributed by atoms with E-state index in [9.17, 15) is 4.79 Å². The zero-order chi connectivity index (χ0) is 18.5. The van der Waals surface area contributed by atoms with Crippen LogP contribution in [0.5, 0.6) is 5.75 Å². The summed E-state index contributed by atoms with van der Waals surface area (Å²) in [6.07, 6.45) is 2.39. The second-order valence-corrected chi connectivity index (χ2v) is 7.29. The molecule has 26 heavy (non-hydrogen) atoms. The van der Waals surface area contributed by atoms with E-state index in [1.165, 1.54) is 18.4 Å². The first kappa shape index (κ1) is 18.3. The van der Waals surface area contributed by atoms with E-state index in [1.807, 2.05) is 44.2 Å². The quantitative estimate of drug-likeness (QED) is 0.858. The van der Waals surface area contributed by atoms with Crippen LogP contribution >= 0.6 is 0 Å². The van der Waals surface area contributed by atoms with Crippen LogP contribution in [-0.2, 0) is 4.79 Å². The Morgan fingerprint density at radius 1 is 1.15 bits per heavy atom. The van der Waals surface area contributed by atoms with Crippen molar-refractivity contribution in [1.82, 2.24) is 0 Å². The van der Waals surface area contributed by atoms with E-state index < -0.39 is 0 Å². The zero-order valence-electron chi connectivity index (χ0n) is 15.9. The molecule has 138 valence electrons. The van der Waals surface area contributed by atoms with E-state index in [0.29, 0.717) is 0 Å². The van der Waals surface area contributed by atoms with Crippen LogP contribution in [0.4, 0.5) is 11.4 Å². The highest BCUT2D eigenvalue weighted by molar-refractivity contribution is 5.95. The molecule has 0 saturated carbocycles. The standard InChI is InChI=1S/C22H28N2O2/c1-16-10-12-24(13-11-16)20-7-5-4-6-19(20)23-22(25)15-26-21-9-8-17(2)14-18(21)3/h4-9,14,16H,10-13,15H2,1-3H3,(H,23,25). The molecule has 2 aromatic carbocycles. The summed E-state index contributed by atoms with van der Waals surface area (Å²) >= 11 is 0. The van der Waals surface area contributed by atoms with Gasteiger partial charge in [0.15, 0.2) is 6.61 Å². The van der Waals surface area contributed by atoms with Crippen LogP contribution in [0.15, 0.2) is 42.5 Å². The molecule has 1 amide bonds. The fraction of sp³-hybridized carbons (Fsp3) is 0.409. The smallest absolute Gasteiger partial charge is 0.262 e. The minimum absolute atomic E-state index is 0.00920. The van der Waals surface area contributed by atoms with Crippen molar-refractivity contribution in [3.63, 3.8) is 0 Å². The van der Waals surface area contributed by atoms with Crippen LogP contribution in [0.2, 0.25) is 0 Å². The van der Waals surface area contributed by atoms with Gasteiger partial charge in [-0.25, -0.2) is 0 Å². The summed E-state index contributed by atoms with van der Waals surface area (Å²) in [7, 11) is 0. The average Bonchev–Trinajstić information content (AvgIpc) is 2.62. The maximum atomic E-state index is 12.4. The Morgan fingerprint density at radius 2 is 1.88 bits per heavy atom. The number of carbonyl (C=O) groups is 1. The third-order valence-electron chi connectivity index (χ3n) is 4.99. The lowest BCUT2D eigenvalue weighted by Gasteiger charge is -2.33. The molecular formula is C22H28N2O2. The van der Waals surface area contributed by atoms with Crippen LogP contribution in [0.3, 0.4) is 0 Å². The van der Waals surface area contributed by atoms with E-state index >= 15 is 0 Å². The average molecular weight is 352 g/mol. The largest absolute Gasteiger partial charge is 0.483 e. The summed E-state index contributed by atoms with van der Waals surface area (Å²) in [6, 6.07) is 14.0. The molecule has 3 rings (SSSR count). The summed E-state index contributed by atoms with van der Waals surface area (Å²) in [4.78, 5) is 14.8. The van der Waals surface area contributed by atoms with Gasteiger partial charge in [-0.05, 0) is 56.4 Å². The second-order valence-electron chi connectivity index (χ2n) is 7.29. The van der Waals surface area contributed by atoms with Gasteiger partial charge in [-0.15, -0.1) is 0 Å². The Balaban J connectivity index is 1.62. The number of piperidine rings is 1. The summed E-state index contributed by atoms with van der Waals surface area (Å²) < 4.78 is 5.70. The molecule has 0 atom stereocenters. The van der Waals surface area contributed by atoms with Gasteiger partial charge in [0.1, 0.15) is 5.75 Å². The van der Waals surface area contributed by atoms with Gasteiger partial charge < -0.3 is 15.0 Å². The van der Waals surface area contributed by atoms with Crippen molar-refractivity contribution in [3.05, 3.63) is 53.6 Å². The molecule has 0 radical (unpaired) electrons. The molecule has 1 aliphatic heterocycles. The van der Waals surface area contributed by atoms with E-state index in [0.717, 1.165) is 41.7 Å². The molecule has 1 aliphatic rings. The van der Waals surface area contributed by atoms with Crippen molar-refractivity contribution in [3.8, 4) is 5.75 Å². The minimum Gasteiger partial charge on any atom is -0.483 e. The molecule has 0 aliphatic carbocycles. The molecule has 4 nitrogen and oxygen atoms in total. The first-order valence-electron chi connectivity index (χ1n) is 9.37. The number of nitrogens with zero attached hydrogens (tertiary/aromatic N) is 1. The molecule has 1 heterocycles. The minimum atomic E-state index is -0.136. The number of benzene rings is 2. The molecule has 2 aromatic rings. The predicted molar refractivity (Wildman–Crippen MR) is 107 cm³/mol. The summed E-state index contributed by atoms with van der Waals surface area (Å²) in [5.74, 6) is 1.39. The molecule has 1 fully saturated rings. The molecule has 0 bridgehead atoms. The number of amides is 1. The van der Waals surface area contributed by atoms with Crippen molar-refractivity contribution >= 4 is 17.3 Å². The van der Waals surface area contributed by atoms with Crippen molar-refractivity contribution in [2.24, 2.45) is 5.92 Å². The lowest BCUT2D eigenvalue weighted by Crippen LogP contribution is -2.33. The first-order chi connectivity index (χ1) is 12.5. The fourth-order valence-electron chi connectivity index (χ4n) is 3.40. The topological polar surface area (TPSA) is 41.6 Å². The van der Waals surface area contributed by atoms with Gasteiger partial charge in [0.2, 0.25) is 0 Å². The lowest BCUT2D eigenvalue weighted by molar-refractivity contribution is -0.118. The van der Waals surface area contributed by atoms with E-state index in [1.54, 1.807) is 0 Å². The fourth-order valence-corrected chi connectivity index (χ4v) is 3.40. The van der Waals surface area contributed by atoms with Gasteiger partial charge in [0, 0.05) is 13.1 Å². The van der Waals surface area contributed by atoms with Gasteiger partial charge in [-0.2, -0.15) is 0 Å². The number of carbonyl (C=O) groups excluding carboxylic acids is 1. The van der Waals surface area contributed by atoms with E-state index in [-0.39, 0.29) is 12.5 Å². The molecule has 0 unspecified atom stereocenters. The van der Waals surface area contributed by atoms with E-state index in [2.05, 4.69) is 29.3 Å². The number of hydrogen-bond acceptors (Lipinski definition) is 3. The molecular weight excluding hydrogens is 324 g/mol. The number of nitrogens with one attached hydrogen (secondary N) is 1. The van der Waals surface area contributed by atoms with Crippen LogP contribution in [0.1, 0.15) is 30.9 Å². The third-order valence-corrected chi connectivity index (χ3v) is 4.99. The number of para-hydroxylation sites is 2. The summed E-state index contributed by atoms with van der Waals surface area (Å²) in [6.45, 7) is 8.42. The van der Waals surface area contributed by atoms with Gasteiger partial charge in [-0.1, -0.05) is 36.8 Å². The molecule has 1 N–H and O–H groups in total. The van der Waals surface area contributed by atoms with Crippen LogP contribution in [0.25, 0.3) is 0 Å². The number of anilines is 2. The maximum Gasteiger partial charge on any atom is 0.262 e. The number of aryl methyl sites for hydroxylation is 2. The number of ether oxygens (including phenoxy) is 1. The Bertz CT molecular complexity index is 764. The first-order valence-corrected chi connectivity index (χ1v) is 9.37. The predicted octanol–water partition coefficient (Wildman–Crippen LogP) is 4.56. The SMILES string of the molecule is Cc1ccc(OCC(=O)Nc2ccccc2N2CCC(C)CC2)c(C)c1. The Kier molecular flexibility index (Phi) is 5.82. The maximum absolute atomic E-state index is 12.4. The second kappa shape index (κ2) is 8.26. The van der Waals surface area contributed by atoms with Gasteiger partial charge in [-0.3, -0.25) is 4.79 Å². The van der Waals surface area contributed by atoms with Gasteiger partial charge in [0.25, 0.3) is 5.91 Å². The molecule has 0 spiro atoms. The van der Waals surface area contributed by atoms with Crippen molar-refractivity contribution < 1.29 is 9.53 Å². The summed E-state index contributed by atoms with van der Waals surface area (Å²) in [5.41, 5.74) is 4.18. The highest BCUT2D eigenvalue weighted by atomic mass is 16.5. The van der Waals surface area contributed by atoms with Crippen molar-refractivity contribution in [2.75, 3.05) is 29.9 Å². The lowest BCUT2D eigenvalue weighted by atomic mass is 9.98. The zero-order valence-corrected chi connectivity index (χ0v) is 15.9. The van der Waals surface area contributed by atoms with Crippen LogP contribution < -0.4 is 15.0 Å². The van der Waals surface area contributed by atoms with Gasteiger partial charge >= 0.3 is 0 Å². The third kappa shape index (κ3) is 4.57. The Hall–Kier alpha value is -2.49. The highest BCUT2D eigenvalue weighted by Crippen LogP contribution is 2.29. The Labute approximate surface area is 156 Å². The normalized spacial score (nSPS) is 15.0. The molecule has 0 aromatic heterocycles. The van der Waals surface area contributed by atoms with Gasteiger partial charge in [0.05, 0.1) is 11.4 Å².